The molecule has 1 aromatic rings. The fraction of sp³-hybridized carbons (Fsp3) is 0.609. The molecule has 7 heteroatoms. The molecule has 0 saturated carbocycles. The molecule has 4 aliphatic rings. The van der Waals surface area contributed by atoms with Gasteiger partial charge in [0, 0.05) is 38.3 Å². The molecular weight excluding hydrogens is 380 g/mol. The Labute approximate surface area is 178 Å². The summed E-state index contributed by atoms with van der Waals surface area (Å²) in [4.78, 5) is 37.8. The van der Waals surface area contributed by atoms with Gasteiger partial charge in [0.15, 0.2) is 0 Å². The standard InChI is InChI=1S/C15H18N2O2.C8H14N2O/c1-15-10-17(9-12(15)7-8-16-14(15)19)13(18)11-5-3-2-4-6-11;1-8-5-9-4-6(8)2-3-10-7(8)11/h2-6,12H,7-10H2,1H3,(H,16,19);6,9H,2-5H2,1H3,(H,10,11)/t12-,15+;6-,8+/m11/s1. The van der Waals surface area contributed by atoms with Crippen molar-refractivity contribution in [2.45, 2.75) is 26.7 Å². The number of hydrogen-bond donors (Lipinski definition) is 3. The van der Waals surface area contributed by atoms with Crippen LogP contribution >= 0.6 is 0 Å². The van der Waals surface area contributed by atoms with Crippen molar-refractivity contribution in [2.75, 3.05) is 39.3 Å². The van der Waals surface area contributed by atoms with E-state index in [0.29, 0.717) is 24.6 Å². The maximum Gasteiger partial charge on any atom is 0.253 e. The first kappa shape index (κ1) is 20.8. The maximum atomic E-state index is 12.4. The van der Waals surface area contributed by atoms with Crippen molar-refractivity contribution < 1.29 is 14.4 Å². The second kappa shape index (κ2) is 8.02. The topological polar surface area (TPSA) is 90.5 Å². The molecule has 3 amide bonds. The first-order chi connectivity index (χ1) is 14.3. The summed E-state index contributed by atoms with van der Waals surface area (Å²) in [6.45, 7) is 8.71. The third kappa shape index (κ3) is 3.60. The number of nitrogens with zero attached hydrogens (tertiary/aromatic N) is 1. The summed E-state index contributed by atoms with van der Waals surface area (Å²) in [5, 5.41) is 9.11. The highest BCUT2D eigenvalue weighted by atomic mass is 16.2. The third-order valence-corrected chi connectivity index (χ3v) is 7.55. The van der Waals surface area contributed by atoms with Crippen LogP contribution in [0.5, 0.6) is 0 Å². The molecule has 4 heterocycles. The van der Waals surface area contributed by atoms with E-state index in [2.05, 4.69) is 22.9 Å². The van der Waals surface area contributed by atoms with Gasteiger partial charge in [0.2, 0.25) is 11.8 Å². The predicted octanol–water partition coefficient (Wildman–Crippen LogP) is 1.02. The molecule has 0 aromatic heterocycles. The van der Waals surface area contributed by atoms with Gasteiger partial charge >= 0.3 is 0 Å². The zero-order chi connectivity index (χ0) is 21.4. The molecule has 4 aliphatic heterocycles. The Morgan fingerprint density at radius 2 is 1.60 bits per heavy atom. The highest BCUT2D eigenvalue weighted by Gasteiger charge is 2.51. The number of rotatable bonds is 1. The largest absolute Gasteiger partial charge is 0.356 e. The summed E-state index contributed by atoms with van der Waals surface area (Å²) in [7, 11) is 0. The van der Waals surface area contributed by atoms with E-state index in [1.54, 1.807) is 0 Å². The Bertz CT molecular complexity index is 829. The van der Waals surface area contributed by atoms with Gasteiger partial charge in [-0.25, -0.2) is 0 Å². The van der Waals surface area contributed by atoms with Gasteiger partial charge in [-0.1, -0.05) is 18.2 Å². The lowest BCUT2D eigenvalue weighted by Gasteiger charge is -2.33. The Kier molecular flexibility index (Phi) is 5.57. The van der Waals surface area contributed by atoms with Gasteiger partial charge in [0.1, 0.15) is 0 Å². The van der Waals surface area contributed by atoms with Crippen LogP contribution in [0.3, 0.4) is 0 Å². The molecule has 5 rings (SSSR count). The van der Waals surface area contributed by atoms with Crippen LogP contribution in [0.4, 0.5) is 0 Å². The van der Waals surface area contributed by atoms with Gasteiger partial charge in [0.05, 0.1) is 10.8 Å². The quantitative estimate of drug-likeness (QED) is 0.642. The van der Waals surface area contributed by atoms with E-state index in [-0.39, 0.29) is 29.1 Å². The number of hydrogen-bond acceptors (Lipinski definition) is 4. The monoisotopic (exact) mass is 412 g/mol. The summed E-state index contributed by atoms with van der Waals surface area (Å²) in [6.07, 6.45) is 2.09. The Morgan fingerprint density at radius 1 is 0.967 bits per heavy atom. The molecule has 30 heavy (non-hydrogen) atoms. The van der Waals surface area contributed by atoms with Crippen LogP contribution in [0.1, 0.15) is 37.0 Å². The van der Waals surface area contributed by atoms with Gasteiger partial charge in [-0.05, 0) is 57.2 Å². The van der Waals surface area contributed by atoms with Crippen LogP contribution in [0.15, 0.2) is 30.3 Å². The lowest BCUT2D eigenvalue weighted by molar-refractivity contribution is -0.134. The highest BCUT2D eigenvalue weighted by Crippen LogP contribution is 2.40. The van der Waals surface area contributed by atoms with Crippen LogP contribution in [-0.4, -0.2) is 61.9 Å². The number of likely N-dealkylation sites (tertiary alicyclic amines) is 1. The van der Waals surface area contributed by atoms with Crippen LogP contribution < -0.4 is 16.0 Å². The Morgan fingerprint density at radius 3 is 2.23 bits per heavy atom. The second-order valence-electron chi connectivity index (χ2n) is 9.50. The van der Waals surface area contributed by atoms with Crippen molar-refractivity contribution >= 4 is 17.7 Å². The number of amides is 3. The summed E-state index contributed by atoms with van der Waals surface area (Å²) < 4.78 is 0. The van der Waals surface area contributed by atoms with E-state index in [9.17, 15) is 14.4 Å². The molecule has 0 bridgehead atoms. The minimum atomic E-state index is -0.414. The molecule has 3 N–H and O–H groups in total. The number of fused-ring (bicyclic) bond motifs is 2. The molecule has 4 atom stereocenters. The van der Waals surface area contributed by atoms with Gasteiger partial charge in [-0.2, -0.15) is 0 Å². The zero-order valence-electron chi connectivity index (χ0n) is 17.9. The van der Waals surface area contributed by atoms with E-state index < -0.39 is 5.41 Å². The van der Waals surface area contributed by atoms with Crippen LogP contribution in [-0.2, 0) is 9.59 Å². The number of carbonyl (C=O) groups is 3. The molecule has 162 valence electrons. The van der Waals surface area contributed by atoms with E-state index in [4.69, 9.17) is 0 Å². The highest BCUT2D eigenvalue weighted by molar-refractivity contribution is 5.95. The van der Waals surface area contributed by atoms with E-state index in [0.717, 1.165) is 39.0 Å². The van der Waals surface area contributed by atoms with Crippen LogP contribution in [0.25, 0.3) is 0 Å². The van der Waals surface area contributed by atoms with Gasteiger partial charge in [-0.15, -0.1) is 0 Å². The first-order valence-corrected chi connectivity index (χ1v) is 11.0. The maximum absolute atomic E-state index is 12.4. The fourth-order valence-corrected chi connectivity index (χ4v) is 5.33. The Balaban J connectivity index is 0.000000168. The molecular formula is C23H32N4O3. The summed E-state index contributed by atoms with van der Waals surface area (Å²) in [5.41, 5.74) is 0.172. The SMILES string of the molecule is C[C@]12CN(C(=O)c3ccccc3)C[C@H]1CCNC2=O.C[C@]12CNC[C@H]1CCNC2=O. The lowest BCUT2D eigenvalue weighted by Crippen LogP contribution is -2.49. The van der Waals surface area contributed by atoms with Crippen LogP contribution in [0, 0.1) is 22.7 Å². The van der Waals surface area contributed by atoms with Crippen LogP contribution in [0.2, 0.25) is 0 Å². The normalized spacial score (nSPS) is 34.8. The Hall–Kier alpha value is -2.41. The van der Waals surface area contributed by atoms with Crippen molar-refractivity contribution in [3.63, 3.8) is 0 Å². The first-order valence-electron chi connectivity index (χ1n) is 11.0. The van der Waals surface area contributed by atoms with E-state index >= 15 is 0 Å². The zero-order valence-corrected chi connectivity index (χ0v) is 17.9. The molecule has 7 nitrogen and oxygen atoms in total. The number of benzene rings is 1. The molecule has 4 fully saturated rings. The summed E-state index contributed by atoms with van der Waals surface area (Å²) in [6, 6.07) is 9.28. The van der Waals surface area contributed by atoms with E-state index in [1.807, 2.05) is 42.2 Å². The fourth-order valence-electron chi connectivity index (χ4n) is 5.33. The minimum absolute atomic E-state index is 0.0315. The van der Waals surface area contributed by atoms with Gasteiger partial charge in [0.25, 0.3) is 5.91 Å². The molecule has 1 aromatic carbocycles. The predicted molar refractivity (Wildman–Crippen MR) is 114 cm³/mol. The van der Waals surface area contributed by atoms with Crippen molar-refractivity contribution in [3.05, 3.63) is 35.9 Å². The van der Waals surface area contributed by atoms with Gasteiger partial charge in [-0.3, -0.25) is 14.4 Å². The second-order valence-corrected chi connectivity index (χ2v) is 9.50. The minimum Gasteiger partial charge on any atom is -0.356 e. The average molecular weight is 413 g/mol. The molecule has 0 aliphatic carbocycles. The number of carbonyl (C=O) groups excluding carboxylic acids is 3. The van der Waals surface area contributed by atoms with Crippen molar-refractivity contribution in [1.82, 2.24) is 20.9 Å². The molecule has 0 unspecified atom stereocenters. The van der Waals surface area contributed by atoms with Crippen molar-refractivity contribution in [2.24, 2.45) is 22.7 Å². The molecule has 0 radical (unpaired) electrons. The van der Waals surface area contributed by atoms with E-state index in [1.165, 1.54) is 0 Å². The summed E-state index contributed by atoms with van der Waals surface area (Å²) >= 11 is 0. The van der Waals surface area contributed by atoms with Gasteiger partial charge < -0.3 is 20.9 Å². The lowest BCUT2D eigenvalue weighted by atomic mass is 9.75. The molecule has 4 saturated heterocycles. The smallest absolute Gasteiger partial charge is 0.253 e. The average Bonchev–Trinajstić information content (AvgIpc) is 3.31. The number of nitrogens with one attached hydrogen (secondary N) is 3. The molecule has 0 spiro atoms. The van der Waals surface area contributed by atoms with Crippen molar-refractivity contribution in [1.29, 1.82) is 0 Å². The number of piperidine rings is 2. The third-order valence-electron chi connectivity index (χ3n) is 7.55. The summed E-state index contributed by atoms with van der Waals surface area (Å²) in [5.74, 6) is 1.21. The van der Waals surface area contributed by atoms with Crippen molar-refractivity contribution in [3.8, 4) is 0 Å².